The molecule has 0 aliphatic heterocycles. The summed E-state index contributed by atoms with van der Waals surface area (Å²) in [6, 6.07) is -0.529. The Morgan fingerprint density at radius 1 is 1.47 bits per heavy atom. The van der Waals surface area contributed by atoms with Crippen molar-refractivity contribution in [2.45, 2.75) is 25.8 Å². The van der Waals surface area contributed by atoms with E-state index in [1.165, 1.54) is 12.0 Å². The third-order valence-corrected chi connectivity index (χ3v) is 2.95. The Kier molecular flexibility index (Phi) is 8.89. The summed E-state index contributed by atoms with van der Waals surface area (Å²) in [6.07, 6.45) is 3.38. The summed E-state index contributed by atoms with van der Waals surface area (Å²) in [5, 5.41) is 0. The van der Waals surface area contributed by atoms with Crippen molar-refractivity contribution in [3.63, 3.8) is 0 Å². The number of esters is 1. The van der Waals surface area contributed by atoms with E-state index in [9.17, 15) is 9.59 Å². The Labute approximate surface area is 107 Å². The van der Waals surface area contributed by atoms with Crippen molar-refractivity contribution in [3.05, 3.63) is 0 Å². The van der Waals surface area contributed by atoms with Gasteiger partial charge in [0.05, 0.1) is 13.2 Å². The molecule has 1 amide bonds. The molecule has 0 radical (unpaired) electrons. The van der Waals surface area contributed by atoms with Crippen molar-refractivity contribution in [2.75, 3.05) is 32.2 Å². The first-order chi connectivity index (χ1) is 8.06. The number of hydrogen-bond donors (Lipinski definition) is 1. The van der Waals surface area contributed by atoms with E-state index in [0.717, 1.165) is 12.2 Å². The minimum absolute atomic E-state index is 0.0177. The molecule has 0 aliphatic carbocycles. The van der Waals surface area contributed by atoms with Crippen LogP contribution in [0.2, 0.25) is 0 Å². The van der Waals surface area contributed by atoms with E-state index in [2.05, 4.69) is 4.74 Å². The first kappa shape index (κ1) is 16.2. The summed E-state index contributed by atoms with van der Waals surface area (Å²) < 4.78 is 4.56. The molecule has 0 heterocycles. The van der Waals surface area contributed by atoms with Gasteiger partial charge in [0.2, 0.25) is 5.91 Å². The van der Waals surface area contributed by atoms with Gasteiger partial charge in [-0.3, -0.25) is 9.59 Å². The highest BCUT2D eigenvalue weighted by Gasteiger charge is 2.22. The SMILES string of the molecule is CCCN(CC(=O)OC)C(=O)[C@@H](N)CCSC. The number of thioether (sulfide) groups is 1. The predicted octanol–water partition coefficient (Wildman–Crippen LogP) is 0.478. The van der Waals surface area contributed by atoms with Gasteiger partial charge in [-0.05, 0) is 24.9 Å². The molecule has 17 heavy (non-hydrogen) atoms. The molecule has 1 atom stereocenters. The first-order valence-corrected chi connectivity index (χ1v) is 7.06. The normalized spacial score (nSPS) is 12.0. The third-order valence-electron chi connectivity index (χ3n) is 2.30. The highest BCUT2D eigenvalue weighted by Crippen LogP contribution is 2.03. The molecule has 0 saturated carbocycles. The molecule has 0 fully saturated rings. The van der Waals surface area contributed by atoms with Crippen LogP contribution in [0.4, 0.5) is 0 Å². The average molecular weight is 262 g/mol. The number of carbonyl (C=O) groups excluding carboxylic acids is 2. The second-order valence-corrected chi connectivity index (χ2v) is 4.71. The molecule has 0 aromatic heterocycles. The number of nitrogens with zero attached hydrogens (tertiary/aromatic N) is 1. The number of carbonyl (C=O) groups is 2. The molecule has 0 spiro atoms. The van der Waals surface area contributed by atoms with E-state index in [0.29, 0.717) is 13.0 Å². The number of nitrogens with two attached hydrogens (primary N) is 1. The van der Waals surface area contributed by atoms with Gasteiger partial charge in [-0.15, -0.1) is 0 Å². The maximum Gasteiger partial charge on any atom is 0.325 e. The van der Waals surface area contributed by atoms with Crippen LogP contribution in [0.5, 0.6) is 0 Å². The van der Waals surface area contributed by atoms with E-state index in [1.807, 2.05) is 13.2 Å². The second-order valence-electron chi connectivity index (χ2n) is 3.72. The van der Waals surface area contributed by atoms with Crippen molar-refractivity contribution in [3.8, 4) is 0 Å². The Morgan fingerprint density at radius 3 is 2.59 bits per heavy atom. The Bertz CT molecular complexity index is 249. The largest absolute Gasteiger partial charge is 0.468 e. The summed E-state index contributed by atoms with van der Waals surface area (Å²) in [6.45, 7) is 2.46. The van der Waals surface area contributed by atoms with Gasteiger partial charge in [0.25, 0.3) is 0 Å². The van der Waals surface area contributed by atoms with Crippen molar-refractivity contribution in [2.24, 2.45) is 5.73 Å². The zero-order chi connectivity index (χ0) is 13.3. The van der Waals surface area contributed by atoms with Gasteiger partial charge in [0.15, 0.2) is 0 Å². The number of hydrogen-bond acceptors (Lipinski definition) is 5. The number of ether oxygens (including phenoxy) is 1. The number of rotatable bonds is 8. The molecule has 0 aliphatic rings. The molecule has 0 aromatic rings. The monoisotopic (exact) mass is 262 g/mol. The first-order valence-electron chi connectivity index (χ1n) is 5.66. The van der Waals surface area contributed by atoms with E-state index in [4.69, 9.17) is 5.73 Å². The van der Waals surface area contributed by atoms with Gasteiger partial charge in [-0.25, -0.2) is 0 Å². The van der Waals surface area contributed by atoms with Gasteiger partial charge >= 0.3 is 5.97 Å². The van der Waals surface area contributed by atoms with Crippen LogP contribution in [-0.4, -0.2) is 55.0 Å². The number of amides is 1. The maximum atomic E-state index is 12.0. The molecule has 0 unspecified atom stereocenters. The van der Waals surface area contributed by atoms with E-state index >= 15 is 0 Å². The van der Waals surface area contributed by atoms with E-state index in [1.54, 1.807) is 11.8 Å². The van der Waals surface area contributed by atoms with Crippen molar-refractivity contribution >= 4 is 23.6 Å². The maximum absolute atomic E-state index is 12.0. The lowest BCUT2D eigenvalue weighted by atomic mass is 10.2. The molecule has 0 rings (SSSR count). The minimum atomic E-state index is -0.529. The van der Waals surface area contributed by atoms with E-state index < -0.39 is 12.0 Å². The van der Waals surface area contributed by atoms with Gasteiger partial charge in [-0.2, -0.15) is 11.8 Å². The van der Waals surface area contributed by atoms with Crippen LogP contribution in [0, 0.1) is 0 Å². The highest BCUT2D eigenvalue weighted by molar-refractivity contribution is 7.98. The fraction of sp³-hybridized carbons (Fsp3) is 0.818. The standard InChI is InChI=1S/C11H22N2O3S/c1-4-6-13(8-10(14)16-2)11(15)9(12)5-7-17-3/h9H,4-8,12H2,1-3H3/t9-/m0/s1. The topological polar surface area (TPSA) is 72.6 Å². The molecule has 0 bridgehead atoms. The van der Waals surface area contributed by atoms with Crippen LogP contribution in [-0.2, 0) is 14.3 Å². The predicted molar refractivity (Wildman–Crippen MR) is 69.9 cm³/mol. The lowest BCUT2D eigenvalue weighted by molar-refractivity contribution is -0.147. The molecule has 0 aromatic carbocycles. The quantitative estimate of drug-likeness (QED) is 0.644. The summed E-state index contributed by atoms with van der Waals surface area (Å²) in [5.41, 5.74) is 5.79. The van der Waals surface area contributed by atoms with Crippen molar-refractivity contribution < 1.29 is 14.3 Å². The van der Waals surface area contributed by atoms with Crippen LogP contribution < -0.4 is 5.73 Å². The van der Waals surface area contributed by atoms with Crippen molar-refractivity contribution in [1.82, 2.24) is 4.90 Å². The zero-order valence-electron chi connectivity index (χ0n) is 10.8. The van der Waals surface area contributed by atoms with Crippen LogP contribution in [0.15, 0.2) is 0 Å². The Balaban J connectivity index is 4.36. The van der Waals surface area contributed by atoms with Crippen LogP contribution in [0.1, 0.15) is 19.8 Å². The Morgan fingerprint density at radius 2 is 2.12 bits per heavy atom. The average Bonchev–Trinajstić information content (AvgIpc) is 2.34. The third kappa shape index (κ3) is 6.53. The molecular weight excluding hydrogens is 240 g/mol. The summed E-state index contributed by atoms with van der Waals surface area (Å²) >= 11 is 1.65. The molecule has 5 nitrogen and oxygen atoms in total. The lowest BCUT2D eigenvalue weighted by Gasteiger charge is -2.24. The Hall–Kier alpha value is -0.750. The zero-order valence-corrected chi connectivity index (χ0v) is 11.6. The van der Waals surface area contributed by atoms with Gasteiger partial charge in [0.1, 0.15) is 6.54 Å². The van der Waals surface area contributed by atoms with Gasteiger partial charge < -0.3 is 15.4 Å². The minimum Gasteiger partial charge on any atom is -0.468 e. The fourth-order valence-corrected chi connectivity index (χ4v) is 1.85. The summed E-state index contributed by atoms with van der Waals surface area (Å²) in [5.74, 6) is 0.251. The van der Waals surface area contributed by atoms with Crippen molar-refractivity contribution in [1.29, 1.82) is 0 Å². The molecule has 100 valence electrons. The fourth-order valence-electron chi connectivity index (χ4n) is 1.36. The summed E-state index contributed by atoms with van der Waals surface area (Å²) in [4.78, 5) is 24.6. The smallest absolute Gasteiger partial charge is 0.325 e. The lowest BCUT2D eigenvalue weighted by Crippen LogP contribution is -2.46. The molecule has 2 N–H and O–H groups in total. The van der Waals surface area contributed by atoms with Gasteiger partial charge in [0, 0.05) is 6.54 Å². The second kappa shape index (κ2) is 9.30. The van der Waals surface area contributed by atoms with Crippen LogP contribution in [0.25, 0.3) is 0 Å². The molecule has 0 saturated heterocycles. The molecule has 6 heteroatoms. The van der Waals surface area contributed by atoms with Crippen LogP contribution in [0.3, 0.4) is 0 Å². The van der Waals surface area contributed by atoms with Crippen LogP contribution >= 0.6 is 11.8 Å². The van der Waals surface area contributed by atoms with E-state index in [-0.39, 0.29) is 12.5 Å². The highest BCUT2D eigenvalue weighted by atomic mass is 32.2. The molecular formula is C11H22N2O3S. The summed E-state index contributed by atoms with van der Waals surface area (Å²) in [7, 11) is 1.31. The van der Waals surface area contributed by atoms with Gasteiger partial charge in [-0.1, -0.05) is 6.92 Å². The number of methoxy groups -OCH3 is 1.